The SMILES string of the molecule is Cc1nc(S(=O)(=O)Cl)c(C#N)c(C)c1Cl. The number of hydrogen-bond acceptors (Lipinski definition) is 4. The Morgan fingerprint density at radius 3 is 2.33 bits per heavy atom. The predicted molar refractivity (Wildman–Crippen MR) is 56.5 cm³/mol. The summed E-state index contributed by atoms with van der Waals surface area (Å²) in [7, 11) is 1.13. The van der Waals surface area contributed by atoms with Crippen molar-refractivity contribution in [3.05, 3.63) is 21.8 Å². The molecule has 0 bridgehead atoms. The summed E-state index contributed by atoms with van der Waals surface area (Å²) in [5, 5.41) is 8.64. The van der Waals surface area contributed by atoms with E-state index in [-0.39, 0.29) is 10.6 Å². The fourth-order valence-electron chi connectivity index (χ4n) is 1.11. The molecule has 0 saturated heterocycles. The Hall–Kier alpha value is -0.830. The van der Waals surface area contributed by atoms with Gasteiger partial charge in [0, 0.05) is 10.7 Å². The van der Waals surface area contributed by atoms with Crippen molar-refractivity contribution in [3.8, 4) is 6.07 Å². The van der Waals surface area contributed by atoms with Crippen LogP contribution in [0.15, 0.2) is 5.03 Å². The molecule has 0 fully saturated rings. The summed E-state index contributed by atoms with van der Waals surface area (Å²) >= 11 is 5.83. The highest BCUT2D eigenvalue weighted by Crippen LogP contribution is 2.27. The van der Waals surface area contributed by atoms with Crippen LogP contribution in [0.1, 0.15) is 16.8 Å². The van der Waals surface area contributed by atoms with Crippen LogP contribution in [-0.2, 0) is 9.05 Å². The normalized spacial score (nSPS) is 11.1. The van der Waals surface area contributed by atoms with Crippen molar-refractivity contribution in [2.24, 2.45) is 0 Å². The van der Waals surface area contributed by atoms with Gasteiger partial charge in [0.05, 0.1) is 16.3 Å². The maximum Gasteiger partial charge on any atom is 0.280 e. The molecule has 0 spiro atoms. The summed E-state index contributed by atoms with van der Waals surface area (Å²) in [6.07, 6.45) is 0. The molecule has 0 amide bonds. The maximum absolute atomic E-state index is 11.1. The molecule has 0 aromatic carbocycles. The van der Waals surface area contributed by atoms with Crippen LogP contribution in [0, 0.1) is 25.2 Å². The van der Waals surface area contributed by atoms with Crippen LogP contribution in [0.4, 0.5) is 0 Å². The summed E-state index contributed by atoms with van der Waals surface area (Å²) in [5.74, 6) is 0. The Labute approximate surface area is 96.9 Å². The van der Waals surface area contributed by atoms with E-state index in [2.05, 4.69) is 4.98 Å². The Bertz CT molecular complexity index is 561. The molecule has 7 heteroatoms. The lowest BCUT2D eigenvalue weighted by Gasteiger charge is -2.07. The Balaban J connectivity index is 3.78. The average Bonchev–Trinajstić information content (AvgIpc) is 2.12. The van der Waals surface area contributed by atoms with Crippen molar-refractivity contribution in [2.75, 3.05) is 0 Å². The fourth-order valence-corrected chi connectivity index (χ4v) is 2.27. The zero-order valence-corrected chi connectivity index (χ0v) is 10.2. The fraction of sp³-hybridized carbons (Fsp3) is 0.250. The minimum atomic E-state index is -4.03. The van der Waals surface area contributed by atoms with Crippen molar-refractivity contribution in [1.29, 1.82) is 5.26 Å². The van der Waals surface area contributed by atoms with Crippen molar-refractivity contribution in [1.82, 2.24) is 4.98 Å². The van der Waals surface area contributed by atoms with Gasteiger partial charge in [-0.1, -0.05) is 11.6 Å². The molecule has 0 aliphatic heterocycles. The molecule has 0 atom stereocenters. The second-order valence-electron chi connectivity index (χ2n) is 2.87. The first-order valence-corrected chi connectivity index (χ1v) is 6.49. The van der Waals surface area contributed by atoms with Gasteiger partial charge in [0.2, 0.25) is 0 Å². The number of nitriles is 1. The number of nitrogens with zero attached hydrogens (tertiary/aromatic N) is 2. The third kappa shape index (κ3) is 2.23. The van der Waals surface area contributed by atoms with E-state index < -0.39 is 14.1 Å². The van der Waals surface area contributed by atoms with Crippen molar-refractivity contribution < 1.29 is 8.42 Å². The zero-order valence-electron chi connectivity index (χ0n) is 7.88. The molecule has 0 N–H and O–H groups in total. The first-order valence-electron chi connectivity index (χ1n) is 3.80. The first-order chi connectivity index (χ1) is 6.79. The van der Waals surface area contributed by atoms with Gasteiger partial charge in [0.25, 0.3) is 9.05 Å². The van der Waals surface area contributed by atoms with E-state index in [9.17, 15) is 8.42 Å². The second-order valence-corrected chi connectivity index (χ2v) is 5.73. The van der Waals surface area contributed by atoms with Crippen LogP contribution in [0.3, 0.4) is 0 Å². The van der Waals surface area contributed by atoms with E-state index >= 15 is 0 Å². The summed E-state index contributed by atoms with van der Waals surface area (Å²) in [6, 6.07) is 1.73. The van der Waals surface area contributed by atoms with Gasteiger partial charge in [-0.25, -0.2) is 13.4 Å². The third-order valence-electron chi connectivity index (χ3n) is 1.85. The average molecular weight is 265 g/mol. The summed E-state index contributed by atoms with van der Waals surface area (Å²) < 4.78 is 22.3. The van der Waals surface area contributed by atoms with Gasteiger partial charge in [-0.15, -0.1) is 0 Å². The standard InChI is InChI=1S/C8H6Cl2N2O2S/c1-4-6(3-11)8(15(10,13)14)12-5(2)7(4)9/h1-2H3. The Kier molecular flexibility index (Phi) is 3.24. The van der Waals surface area contributed by atoms with Crippen LogP contribution in [-0.4, -0.2) is 13.4 Å². The van der Waals surface area contributed by atoms with Crippen molar-refractivity contribution in [2.45, 2.75) is 18.9 Å². The highest BCUT2D eigenvalue weighted by Gasteiger charge is 2.22. The maximum atomic E-state index is 11.1. The van der Waals surface area contributed by atoms with Gasteiger partial charge in [-0.2, -0.15) is 5.26 Å². The number of pyridine rings is 1. The highest BCUT2D eigenvalue weighted by molar-refractivity contribution is 8.13. The van der Waals surface area contributed by atoms with E-state index in [0.29, 0.717) is 11.3 Å². The molecule has 1 aromatic heterocycles. The minimum absolute atomic E-state index is 0.111. The lowest BCUT2D eigenvalue weighted by atomic mass is 10.1. The smallest absolute Gasteiger partial charge is 0.238 e. The topological polar surface area (TPSA) is 70.8 Å². The van der Waals surface area contributed by atoms with E-state index in [1.54, 1.807) is 19.9 Å². The van der Waals surface area contributed by atoms with Crippen molar-refractivity contribution in [3.63, 3.8) is 0 Å². The van der Waals surface area contributed by atoms with Gasteiger partial charge < -0.3 is 0 Å². The van der Waals surface area contributed by atoms with E-state index in [0.717, 1.165) is 0 Å². The number of aryl methyl sites for hydroxylation is 1. The molecule has 80 valence electrons. The molecule has 0 unspecified atom stereocenters. The summed E-state index contributed by atoms with van der Waals surface area (Å²) in [5.41, 5.74) is 0.582. The minimum Gasteiger partial charge on any atom is -0.238 e. The molecule has 0 saturated carbocycles. The van der Waals surface area contributed by atoms with E-state index in [1.807, 2.05) is 0 Å². The van der Waals surface area contributed by atoms with Gasteiger partial charge in [0.15, 0.2) is 5.03 Å². The number of rotatable bonds is 1. The number of hydrogen-bond donors (Lipinski definition) is 0. The van der Waals surface area contributed by atoms with E-state index in [4.69, 9.17) is 27.5 Å². The molecule has 1 rings (SSSR count). The molecule has 15 heavy (non-hydrogen) atoms. The van der Waals surface area contributed by atoms with Gasteiger partial charge >= 0.3 is 0 Å². The largest absolute Gasteiger partial charge is 0.280 e. The van der Waals surface area contributed by atoms with Crippen LogP contribution in [0.2, 0.25) is 5.02 Å². The number of halogens is 2. The molecular weight excluding hydrogens is 259 g/mol. The quantitative estimate of drug-likeness (QED) is 0.729. The molecule has 0 aliphatic carbocycles. The van der Waals surface area contributed by atoms with Crippen LogP contribution in [0.25, 0.3) is 0 Å². The summed E-state index contributed by atoms with van der Waals surface area (Å²) in [4.78, 5) is 3.70. The van der Waals surface area contributed by atoms with Gasteiger partial charge in [-0.3, -0.25) is 0 Å². The van der Waals surface area contributed by atoms with Gasteiger partial charge in [0.1, 0.15) is 6.07 Å². The predicted octanol–water partition coefficient (Wildman–Crippen LogP) is 2.15. The van der Waals surface area contributed by atoms with E-state index in [1.165, 1.54) is 0 Å². The monoisotopic (exact) mass is 264 g/mol. The highest BCUT2D eigenvalue weighted by atomic mass is 35.7. The van der Waals surface area contributed by atoms with Crippen LogP contribution >= 0.6 is 22.3 Å². The lowest BCUT2D eigenvalue weighted by Crippen LogP contribution is -2.04. The molecule has 1 aromatic rings. The van der Waals surface area contributed by atoms with Crippen LogP contribution < -0.4 is 0 Å². The van der Waals surface area contributed by atoms with Crippen molar-refractivity contribution >= 4 is 31.3 Å². The second kappa shape index (κ2) is 3.97. The van der Waals surface area contributed by atoms with Crippen LogP contribution in [0.5, 0.6) is 0 Å². The first kappa shape index (κ1) is 12.2. The lowest BCUT2D eigenvalue weighted by molar-refractivity contribution is 0.605. The summed E-state index contributed by atoms with van der Waals surface area (Å²) in [6.45, 7) is 3.09. The Morgan fingerprint density at radius 2 is 1.93 bits per heavy atom. The molecule has 1 heterocycles. The van der Waals surface area contributed by atoms with Gasteiger partial charge in [-0.05, 0) is 19.4 Å². The molecule has 0 aliphatic rings. The Morgan fingerprint density at radius 1 is 1.40 bits per heavy atom. The zero-order chi connectivity index (χ0) is 11.8. The third-order valence-corrected chi connectivity index (χ3v) is 3.60. The number of aromatic nitrogens is 1. The molecular formula is C8H6Cl2N2O2S. The molecule has 4 nitrogen and oxygen atoms in total. The molecule has 0 radical (unpaired) electrons.